The van der Waals surface area contributed by atoms with Gasteiger partial charge in [-0.05, 0) is 44.5 Å². The molecular weight excluding hydrogens is 240 g/mol. The lowest BCUT2D eigenvalue weighted by Crippen LogP contribution is -2.41. The van der Waals surface area contributed by atoms with E-state index in [9.17, 15) is 4.79 Å². The molecule has 19 heavy (non-hydrogen) atoms. The zero-order valence-electron chi connectivity index (χ0n) is 11.8. The summed E-state index contributed by atoms with van der Waals surface area (Å²) in [5.74, 6) is 0.931. The van der Waals surface area contributed by atoms with Crippen molar-refractivity contribution in [1.29, 1.82) is 0 Å². The lowest BCUT2D eigenvalue weighted by Gasteiger charge is -2.24. The summed E-state index contributed by atoms with van der Waals surface area (Å²) < 4.78 is 5.21. The van der Waals surface area contributed by atoms with Crippen molar-refractivity contribution >= 4 is 5.91 Å². The molecule has 4 heteroatoms. The SMILES string of the molecule is COc1cccc(C(C)NC(=O)C2(C)CCNC2)c1. The predicted octanol–water partition coefficient (Wildman–Crippen LogP) is 1.87. The molecule has 0 spiro atoms. The van der Waals surface area contributed by atoms with Crippen LogP contribution in [0.1, 0.15) is 31.9 Å². The summed E-state index contributed by atoms with van der Waals surface area (Å²) in [6, 6.07) is 7.79. The van der Waals surface area contributed by atoms with E-state index in [-0.39, 0.29) is 17.4 Å². The molecule has 104 valence electrons. The first-order valence-corrected chi connectivity index (χ1v) is 6.71. The fourth-order valence-corrected chi connectivity index (χ4v) is 2.38. The van der Waals surface area contributed by atoms with Gasteiger partial charge in [0.1, 0.15) is 5.75 Å². The molecule has 1 amide bonds. The first-order valence-electron chi connectivity index (χ1n) is 6.71. The molecule has 0 saturated carbocycles. The minimum Gasteiger partial charge on any atom is -0.497 e. The number of ether oxygens (including phenoxy) is 1. The molecule has 1 aliphatic heterocycles. The Morgan fingerprint density at radius 1 is 1.53 bits per heavy atom. The van der Waals surface area contributed by atoms with Crippen LogP contribution in [0.5, 0.6) is 5.75 Å². The maximum atomic E-state index is 12.3. The third kappa shape index (κ3) is 3.07. The fourth-order valence-electron chi connectivity index (χ4n) is 2.38. The van der Waals surface area contributed by atoms with Crippen LogP contribution in [0.15, 0.2) is 24.3 Å². The Balaban J connectivity index is 2.03. The topological polar surface area (TPSA) is 50.4 Å². The summed E-state index contributed by atoms with van der Waals surface area (Å²) in [5.41, 5.74) is 0.773. The molecule has 1 fully saturated rings. The van der Waals surface area contributed by atoms with E-state index in [1.165, 1.54) is 0 Å². The van der Waals surface area contributed by atoms with Crippen molar-refractivity contribution in [2.24, 2.45) is 5.41 Å². The Kier molecular flexibility index (Phi) is 4.10. The Hall–Kier alpha value is -1.55. The van der Waals surface area contributed by atoms with Crippen LogP contribution in [0.4, 0.5) is 0 Å². The fraction of sp³-hybridized carbons (Fsp3) is 0.533. The van der Waals surface area contributed by atoms with Crippen molar-refractivity contribution in [3.8, 4) is 5.75 Å². The molecule has 2 unspecified atom stereocenters. The van der Waals surface area contributed by atoms with Crippen molar-refractivity contribution in [2.75, 3.05) is 20.2 Å². The third-order valence-corrected chi connectivity index (χ3v) is 3.86. The van der Waals surface area contributed by atoms with Gasteiger partial charge >= 0.3 is 0 Å². The molecule has 0 aliphatic carbocycles. The largest absolute Gasteiger partial charge is 0.497 e. The van der Waals surface area contributed by atoms with Crippen molar-refractivity contribution in [1.82, 2.24) is 10.6 Å². The van der Waals surface area contributed by atoms with Crippen LogP contribution in [-0.4, -0.2) is 26.1 Å². The number of carbonyl (C=O) groups is 1. The van der Waals surface area contributed by atoms with Gasteiger partial charge in [0.15, 0.2) is 0 Å². The molecule has 0 radical (unpaired) electrons. The normalized spacial score (nSPS) is 23.9. The highest BCUT2D eigenvalue weighted by atomic mass is 16.5. The lowest BCUT2D eigenvalue weighted by atomic mass is 9.88. The van der Waals surface area contributed by atoms with Gasteiger partial charge in [0.2, 0.25) is 5.91 Å². The minimum absolute atomic E-state index is 0.0139. The van der Waals surface area contributed by atoms with E-state index in [4.69, 9.17) is 4.74 Å². The van der Waals surface area contributed by atoms with Gasteiger partial charge in [-0.15, -0.1) is 0 Å². The first kappa shape index (κ1) is 13.9. The second-order valence-corrected chi connectivity index (χ2v) is 5.46. The number of nitrogens with one attached hydrogen (secondary N) is 2. The predicted molar refractivity (Wildman–Crippen MR) is 75.1 cm³/mol. The highest BCUT2D eigenvalue weighted by Gasteiger charge is 2.36. The second-order valence-electron chi connectivity index (χ2n) is 5.46. The van der Waals surface area contributed by atoms with Gasteiger partial charge in [-0.2, -0.15) is 0 Å². The van der Waals surface area contributed by atoms with Gasteiger partial charge in [0.05, 0.1) is 18.6 Å². The molecule has 2 atom stereocenters. The maximum Gasteiger partial charge on any atom is 0.227 e. The van der Waals surface area contributed by atoms with Crippen LogP contribution in [-0.2, 0) is 4.79 Å². The van der Waals surface area contributed by atoms with Crippen LogP contribution in [0.2, 0.25) is 0 Å². The summed E-state index contributed by atoms with van der Waals surface area (Å²) in [7, 11) is 1.65. The number of methoxy groups -OCH3 is 1. The van der Waals surface area contributed by atoms with Crippen LogP contribution >= 0.6 is 0 Å². The Morgan fingerprint density at radius 3 is 2.95 bits per heavy atom. The Bertz CT molecular complexity index is 453. The summed E-state index contributed by atoms with van der Waals surface area (Å²) >= 11 is 0. The summed E-state index contributed by atoms with van der Waals surface area (Å²) in [6.45, 7) is 5.68. The lowest BCUT2D eigenvalue weighted by molar-refractivity contribution is -0.129. The van der Waals surface area contributed by atoms with Crippen molar-refractivity contribution < 1.29 is 9.53 Å². The third-order valence-electron chi connectivity index (χ3n) is 3.86. The van der Waals surface area contributed by atoms with Gasteiger partial charge in [-0.3, -0.25) is 4.79 Å². The molecule has 1 aliphatic rings. The number of rotatable bonds is 4. The number of hydrogen-bond acceptors (Lipinski definition) is 3. The summed E-state index contributed by atoms with van der Waals surface area (Å²) in [5, 5.41) is 6.34. The Morgan fingerprint density at radius 2 is 2.32 bits per heavy atom. The quantitative estimate of drug-likeness (QED) is 0.871. The van der Waals surface area contributed by atoms with Crippen molar-refractivity contribution in [3.63, 3.8) is 0 Å². The monoisotopic (exact) mass is 262 g/mol. The molecule has 1 aromatic carbocycles. The molecule has 1 saturated heterocycles. The zero-order chi connectivity index (χ0) is 13.9. The first-order chi connectivity index (χ1) is 9.05. The Labute approximate surface area is 114 Å². The standard InChI is InChI=1S/C15H22N2O2/c1-11(12-5-4-6-13(9-12)19-3)17-14(18)15(2)7-8-16-10-15/h4-6,9,11,16H,7-8,10H2,1-3H3,(H,17,18). The van der Waals surface area contributed by atoms with Gasteiger partial charge in [0, 0.05) is 6.54 Å². The van der Waals surface area contributed by atoms with E-state index in [1.54, 1.807) is 7.11 Å². The van der Waals surface area contributed by atoms with E-state index in [2.05, 4.69) is 10.6 Å². The molecule has 0 bridgehead atoms. The molecule has 4 nitrogen and oxygen atoms in total. The van der Waals surface area contributed by atoms with Gasteiger partial charge in [-0.1, -0.05) is 12.1 Å². The smallest absolute Gasteiger partial charge is 0.227 e. The van der Waals surface area contributed by atoms with E-state index in [0.29, 0.717) is 0 Å². The molecule has 2 rings (SSSR count). The second kappa shape index (κ2) is 5.61. The molecule has 0 aromatic heterocycles. The summed E-state index contributed by atoms with van der Waals surface area (Å²) in [6.07, 6.45) is 0.893. The zero-order valence-corrected chi connectivity index (χ0v) is 11.8. The van der Waals surface area contributed by atoms with E-state index in [1.807, 2.05) is 38.1 Å². The molecule has 2 N–H and O–H groups in total. The average molecular weight is 262 g/mol. The number of hydrogen-bond donors (Lipinski definition) is 2. The maximum absolute atomic E-state index is 12.3. The molecular formula is C15H22N2O2. The van der Waals surface area contributed by atoms with E-state index >= 15 is 0 Å². The number of carbonyl (C=O) groups excluding carboxylic acids is 1. The molecule has 1 heterocycles. The minimum atomic E-state index is -0.285. The highest BCUT2D eigenvalue weighted by molar-refractivity contribution is 5.83. The average Bonchev–Trinajstić information content (AvgIpc) is 2.87. The van der Waals surface area contributed by atoms with Gasteiger partial charge < -0.3 is 15.4 Å². The number of amides is 1. The van der Waals surface area contributed by atoms with Crippen LogP contribution < -0.4 is 15.4 Å². The van der Waals surface area contributed by atoms with Gasteiger partial charge in [0.25, 0.3) is 0 Å². The van der Waals surface area contributed by atoms with Crippen LogP contribution in [0.25, 0.3) is 0 Å². The van der Waals surface area contributed by atoms with Crippen LogP contribution in [0.3, 0.4) is 0 Å². The highest BCUT2D eigenvalue weighted by Crippen LogP contribution is 2.26. The van der Waals surface area contributed by atoms with Crippen molar-refractivity contribution in [3.05, 3.63) is 29.8 Å². The van der Waals surface area contributed by atoms with Gasteiger partial charge in [-0.25, -0.2) is 0 Å². The van der Waals surface area contributed by atoms with Crippen molar-refractivity contribution in [2.45, 2.75) is 26.3 Å². The number of benzene rings is 1. The van der Waals surface area contributed by atoms with E-state index < -0.39 is 0 Å². The van der Waals surface area contributed by atoms with Crippen LogP contribution in [0, 0.1) is 5.41 Å². The van der Waals surface area contributed by atoms with E-state index in [0.717, 1.165) is 30.8 Å². The summed E-state index contributed by atoms with van der Waals surface area (Å²) in [4.78, 5) is 12.3. The molecule has 1 aromatic rings.